The van der Waals surface area contributed by atoms with Gasteiger partial charge in [0.05, 0.1) is 5.97 Å². The van der Waals surface area contributed by atoms with Crippen molar-refractivity contribution in [1.29, 1.82) is 0 Å². The molecule has 1 fully saturated rings. The van der Waals surface area contributed by atoms with Gasteiger partial charge in [0.2, 0.25) is 0 Å². The van der Waals surface area contributed by atoms with Gasteiger partial charge in [-0.25, -0.2) is 0 Å². The summed E-state index contributed by atoms with van der Waals surface area (Å²) in [4.78, 5) is 15.4. The van der Waals surface area contributed by atoms with E-state index in [1.165, 1.54) is 0 Å². The molecule has 1 aromatic heterocycles. The molecule has 80 valence electrons. The first-order valence-electron chi connectivity index (χ1n) is 5.30. The van der Waals surface area contributed by atoms with E-state index in [0.717, 1.165) is 24.1 Å². The van der Waals surface area contributed by atoms with E-state index in [4.69, 9.17) is 0 Å². The van der Waals surface area contributed by atoms with E-state index in [-0.39, 0.29) is 29.6 Å². The summed E-state index contributed by atoms with van der Waals surface area (Å²) in [5.74, 6) is -0.953. The van der Waals surface area contributed by atoms with Crippen LogP contribution in [0.1, 0.15) is 36.9 Å². The summed E-state index contributed by atoms with van der Waals surface area (Å²) in [6.45, 7) is 1.89. The van der Waals surface area contributed by atoms with Crippen LogP contribution in [0.4, 0.5) is 0 Å². The topological polar surface area (TPSA) is 53.0 Å². The number of nitrogens with zero attached hydrogens (tertiary/aromatic N) is 1. The van der Waals surface area contributed by atoms with Crippen LogP contribution in [0.15, 0.2) is 18.3 Å². The third-order valence-electron chi connectivity index (χ3n) is 3.31. The van der Waals surface area contributed by atoms with Crippen molar-refractivity contribution in [3.63, 3.8) is 0 Å². The van der Waals surface area contributed by atoms with Crippen molar-refractivity contribution in [3.8, 4) is 0 Å². The van der Waals surface area contributed by atoms with E-state index in [9.17, 15) is 9.90 Å². The minimum Gasteiger partial charge on any atom is -0.549 e. The maximum absolute atomic E-state index is 11.3. The van der Waals surface area contributed by atoms with Crippen LogP contribution in [0.2, 0.25) is 0 Å². The number of aryl methyl sites for hydroxylation is 1. The number of aliphatic carboxylic acids is 1. The van der Waals surface area contributed by atoms with Gasteiger partial charge in [-0.15, -0.1) is 0 Å². The van der Waals surface area contributed by atoms with Crippen LogP contribution in [-0.2, 0) is 10.2 Å². The minimum atomic E-state index is -0.953. The second-order valence-corrected chi connectivity index (χ2v) is 4.26. The predicted molar refractivity (Wildman–Crippen MR) is 54.1 cm³/mol. The van der Waals surface area contributed by atoms with Gasteiger partial charge in [-0.1, -0.05) is 18.9 Å². The Kier molecular flexibility index (Phi) is 4.53. The zero-order valence-corrected chi connectivity index (χ0v) is 11.8. The summed E-state index contributed by atoms with van der Waals surface area (Å²) in [6.07, 6.45) is 4.96. The quantitative estimate of drug-likeness (QED) is 0.547. The Morgan fingerprint density at radius 1 is 1.38 bits per heavy atom. The Morgan fingerprint density at radius 3 is 2.44 bits per heavy atom. The Bertz CT molecular complexity index is 369. The van der Waals surface area contributed by atoms with Crippen molar-refractivity contribution in [1.82, 2.24) is 4.98 Å². The van der Waals surface area contributed by atoms with Crippen LogP contribution in [0, 0.1) is 6.92 Å². The van der Waals surface area contributed by atoms with Crippen molar-refractivity contribution in [3.05, 3.63) is 29.6 Å². The van der Waals surface area contributed by atoms with E-state index < -0.39 is 11.4 Å². The fourth-order valence-electron chi connectivity index (χ4n) is 2.34. The number of pyridine rings is 1. The van der Waals surface area contributed by atoms with Gasteiger partial charge in [-0.05, 0) is 31.4 Å². The van der Waals surface area contributed by atoms with E-state index >= 15 is 0 Å². The van der Waals surface area contributed by atoms with Crippen molar-refractivity contribution in [2.24, 2.45) is 0 Å². The van der Waals surface area contributed by atoms with Gasteiger partial charge in [0, 0.05) is 17.3 Å². The third kappa shape index (κ3) is 2.31. The molecule has 0 spiro atoms. The summed E-state index contributed by atoms with van der Waals surface area (Å²) in [6, 6.07) is 3.72. The van der Waals surface area contributed by atoms with Gasteiger partial charge in [0.1, 0.15) is 0 Å². The number of carboxylic acid groups (broad SMARTS) is 1. The molecule has 1 saturated carbocycles. The summed E-state index contributed by atoms with van der Waals surface area (Å²) in [5, 5.41) is 11.3. The van der Waals surface area contributed by atoms with Gasteiger partial charge in [0.25, 0.3) is 0 Å². The fourth-order valence-corrected chi connectivity index (χ4v) is 2.34. The molecule has 0 bridgehead atoms. The Morgan fingerprint density at radius 2 is 2.00 bits per heavy atom. The van der Waals surface area contributed by atoms with Crippen molar-refractivity contribution >= 4 is 5.97 Å². The molecule has 0 atom stereocenters. The van der Waals surface area contributed by atoms with Crippen molar-refractivity contribution < 1.29 is 39.5 Å². The summed E-state index contributed by atoms with van der Waals surface area (Å²) >= 11 is 0. The molecule has 0 unspecified atom stereocenters. The predicted octanol–water partition coefficient (Wildman–Crippen LogP) is -2.04. The molecule has 0 saturated heterocycles. The monoisotopic (exact) mass is 227 g/mol. The van der Waals surface area contributed by atoms with Gasteiger partial charge < -0.3 is 9.90 Å². The SMILES string of the molecule is Cc1ccc(C2(C(=O)[O-])CCCC2)cn1.[Na+]. The van der Waals surface area contributed by atoms with Gasteiger partial charge in [-0.3, -0.25) is 4.98 Å². The Hall–Kier alpha value is -0.380. The molecule has 4 heteroatoms. The van der Waals surface area contributed by atoms with Gasteiger partial charge in [0.15, 0.2) is 0 Å². The molecule has 0 N–H and O–H groups in total. The average molecular weight is 227 g/mol. The number of carboxylic acids is 1. The number of hydrogen-bond acceptors (Lipinski definition) is 3. The average Bonchev–Trinajstić information content (AvgIpc) is 2.69. The van der Waals surface area contributed by atoms with Crippen molar-refractivity contribution in [2.45, 2.75) is 38.0 Å². The Balaban J connectivity index is 0.00000128. The van der Waals surface area contributed by atoms with Gasteiger partial charge in [-0.2, -0.15) is 0 Å². The molecular weight excluding hydrogens is 213 g/mol. The maximum atomic E-state index is 11.3. The largest absolute Gasteiger partial charge is 1.00 e. The first-order chi connectivity index (χ1) is 7.15. The zero-order chi connectivity index (χ0) is 10.9. The summed E-state index contributed by atoms with van der Waals surface area (Å²) in [5.41, 5.74) is 0.927. The standard InChI is InChI=1S/C12H15NO2.Na/c1-9-4-5-10(8-13-9)12(11(14)15)6-2-3-7-12;/h4-5,8H,2-3,6-7H2,1H3,(H,14,15);/q;+1/p-1. The van der Waals surface area contributed by atoms with Crippen LogP contribution in [0.5, 0.6) is 0 Å². The molecule has 0 amide bonds. The number of hydrogen-bond donors (Lipinski definition) is 0. The molecule has 0 aromatic carbocycles. The molecule has 1 aromatic rings. The summed E-state index contributed by atoms with van der Waals surface area (Å²) in [7, 11) is 0. The van der Waals surface area contributed by atoms with E-state index in [2.05, 4.69) is 4.98 Å². The molecule has 1 aliphatic rings. The van der Waals surface area contributed by atoms with Crippen LogP contribution in [0.25, 0.3) is 0 Å². The molecule has 3 nitrogen and oxygen atoms in total. The zero-order valence-electron chi connectivity index (χ0n) is 9.82. The molecule has 0 radical (unpaired) electrons. The molecule has 1 heterocycles. The molecule has 16 heavy (non-hydrogen) atoms. The van der Waals surface area contributed by atoms with E-state index in [1.807, 2.05) is 19.1 Å². The molecule has 2 rings (SSSR count). The smallest absolute Gasteiger partial charge is 0.549 e. The summed E-state index contributed by atoms with van der Waals surface area (Å²) < 4.78 is 0. The fraction of sp³-hybridized carbons (Fsp3) is 0.500. The first-order valence-corrected chi connectivity index (χ1v) is 5.30. The first kappa shape index (κ1) is 13.7. The third-order valence-corrected chi connectivity index (χ3v) is 3.31. The molecule has 1 aliphatic carbocycles. The Labute approximate surface area is 118 Å². The van der Waals surface area contributed by atoms with Crippen LogP contribution < -0.4 is 34.7 Å². The van der Waals surface area contributed by atoms with Crippen LogP contribution in [-0.4, -0.2) is 11.0 Å². The van der Waals surface area contributed by atoms with E-state index in [1.54, 1.807) is 6.20 Å². The second-order valence-electron chi connectivity index (χ2n) is 4.26. The maximum Gasteiger partial charge on any atom is 1.00 e. The molecule has 0 aliphatic heterocycles. The number of aromatic nitrogens is 1. The van der Waals surface area contributed by atoms with Crippen LogP contribution in [0.3, 0.4) is 0 Å². The van der Waals surface area contributed by atoms with Crippen molar-refractivity contribution in [2.75, 3.05) is 0 Å². The van der Waals surface area contributed by atoms with E-state index in [0.29, 0.717) is 12.8 Å². The number of carbonyl (C=O) groups is 1. The van der Waals surface area contributed by atoms with Crippen LogP contribution >= 0.6 is 0 Å². The second kappa shape index (κ2) is 5.30. The number of carbonyl (C=O) groups excluding carboxylic acids is 1. The molecular formula is C12H14NNaO2. The van der Waals surface area contributed by atoms with Gasteiger partial charge >= 0.3 is 29.6 Å². The number of rotatable bonds is 2. The minimum absolute atomic E-state index is 0. The normalized spacial score (nSPS) is 17.8.